The first-order chi connectivity index (χ1) is 8.72. The summed E-state index contributed by atoms with van der Waals surface area (Å²) in [6.07, 6.45) is 8.62. The monoisotopic (exact) mass is 237 g/mol. The molecule has 1 N–H and O–H groups in total. The molecular weight excluding hydrogens is 222 g/mol. The van der Waals surface area contributed by atoms with Crippen molar-refractivity contribution in [3.8, 4) is 0 Å². The van der Waals surface area contributed by atoms with Gasteiger partial charge in [0.1, 0.15) is 5.65 Å². The minimum absolute atomic E-state index is 0.889. The Morgan fingerprint density at radius 3 is 2.72 bits per heavy atom. The highest BCUT2D eigenvalue weighted by Crippen LogP contribution is 2.20. The van der Waals surface area contributed by atoms with Crippen LogP contribution in [-0.2, 0) is 6.42 Å². The normalized spacial score (nSPS) is 11.0. The Morgan fingerprint density at radius 2 is 1.89 bits per heavy atom. The van der Waals surface area contributed by atoms with Crippen molar-refractivity contribution in [1.82, 2.24) is 15.0 Å². The van der Waals surface area contributed by atoms with Crippen LogP contribution in [0.25, 0.3) is 11.0 Å². The van der Waals surface area contributed by atoms with Crippen molar-refractivity contribution in [1.29, 1.82) is 0 Å². The molecule has 3 heterocycles. The molecule has 0 aliphatic rings. The van der Waals surface area contributed by atoms with Crippen molar-refractivity contribution < 1.29 is 0 Å². The molecule has 0 aromatic carbocycles. The van der Waals surface area contributed by atoms with Crippen molar-refractivity contribution in [2.45, 2.75) is 20.3 Å². The number of aryl methyl sites for hydroxylation is 2. The van der Waals surface area contributed by atoms with E-state index in [1.54, 1.807) is 0 Å². The maximum Gasteiger partial charge on any atom is 0.137 e. The van der Waals surface area contributed by atoms with Crippen molar-refractivity contribution >= 4 is 11.0 Å². The van der Waals surface area contributed by atoms with Crippen LogP contribution in [-0.4, -0.2) is 15.0 Å². The number of H-pyrrole nitrogens is 1. The van der Waals surface area contributed by atoms with Gasteiger partial charge in [0.05, 0.1) is 0 Å². The number of rotatable bonds is 2. The molecule has 0 amide bonds. The molecule has 3 aromatic rings. The third-order valence-electron chi connectivity index (χ3n) is 3.08. The van der Waals surface area contributed by atoms with Crippen LogP contribution in [0.1, 0.15) is 22.3 Å². The lowest BCUT2D eigenvalue weighted by molar-refractivity contribution is 1.13. The van der Waals surface area contributed by atoms with Gasteiger partial charge in [-0.15, -0.1) is 0 Å². The summed E-state index contributed by atoms with van der Waals surface area (Å²) in [4.78, 5) is 11.8. The van der Waals surface area contributed by atoms with E-state index in [9.17, 15) is 0 Å². The van der Waals surface area contributed by atoms with Crippen LogP contribution in [0.4, 0.5) is 0 Å². The summed E-state index contributed by atoms with van der Waals surface area (Å²) in [6.45, 7) is 4.13. The lowest BCUT2D eigenvalue weighted by Crippen LogP contribution is -1.89. The van der Waals surface area contributed by atoms with Crippen LogP contribution < -0.4 is 0 Å². The van der Waals surface area contributed by atoms with Crippen LogP contribution in [0.15, 0.2) is 36.9 Å². The van der Waals surface area contributed by atoms with E-state index in [4.69, 9.17) is 0 Å². The van der Waals surface area contributed by atoms with Crippen LogP contribution in [0.2, 0.25) is 0 Å². The maximum atomic E-state index is 4.39. The molecule has 3 rings (SSSR count). The predicted molar refractivity (Wildman–Crippen MR) is 72.6 cm³/mol. The zero-order chi connectivity index (χ0) is 12.5. The molecule has 3 aromatic heterocycles. The Kier molecular flexibility index (Phi) is 2.59. The summed E-state index contributed by atoms with van der Waals surface area (Å²) in [5.41, 5.74) is 5.84. The second-order valence-electron chi connectivity index (χ2n) is 4.77. The van der Waals surface area contributed by atoms with Gasteiger partial charge in [-0.05, 0) is 42.2 Å². The van der Waals surface area contributed by atoms with Gasteiger partial charge < -0.3 is 4.98 Å². The Hall–Kier alpha value is -2.16. The second kappa shape index (κ2) is 4.26. The fraction of sp³-hybridized carbons (Fsp3) is 0.200. The van der Waals surface area contributed by atoms with E-state index < -0.39 is 0 Å². The predicted octanol–water partition coefficient (Wildman–Crippen LogP) is 3.17. The van der Waals surface area contributed by atoms with Gasteiger partial charge in [0.25, 0.3) is 0 Å². The van der Waals surface area contributed by atoms with Crippen LogP contribution in [0.3, 0.4) is 0 Å². The lowest BCUT2D eigenvalue weighted by Gasteiger charge is -2.01. The van der Waals surface area contributed by atoms with Crippen molar-refractivity contribution in [3.63, 3.8) is 0 Å². The lowest BCUT2D eigenvalue weighted by atomic mass is 10.1. The van der Waals surface area contributed by atoms with E-state index in [1.165, 1.54) is 27.6 Å². The van der Waals surface area contributed by atoms with Gasteiger partial charge in [-0.2, -0.15) is 0 Å². The van der Waals surface area contributed by atoms with Gasteiger partial charge in [-0.3, -0.25) is 4.98 Å². The van der Waals surface area contributed by atoms with Gasteiger partial charge in [-0.25, -0.2) is 4.98 Å². The van der Waals surface area contributed by atoms with E-state index in [1.807, 2.05) is 24.8 Å². The highest BCUT2D eigenvalue weighted by atomic mass is 14.8. The molecule has 0 bridgehead atoms. The quantitative estimate of drug-likeness (QED) is 0.743. The van der Waals surface area contributed by atoms with Crippen LogP contribution in [0, 0.1) is 13.8 Å². The third kappa shape index (κ3) is 1.99. The average molecular weight is 237 g/mol. The Labute approximate surface area is 106 Å². The van der Waals surface area contributed by atoms with E-state index in [2.05, 4.69) is 40.9 Å². The molecule has 0 atom stereocenters. The molecule has 90 valence electrons. The highest BCUT2D eigenvalue weighted by Gasteiger charge is 2.06. The standard InChI is InChI=1S/C15H15N3/c1-10-3-12(8-16-6-10)5-13-9-18-15-14(13)4-11(2)7-17-15/h3-4,6-9H,5H2,1-2H3,(H,17,18). The first kappa shape index (κ1) is 11.0. The van der Waals surface area contributed by atoms with E-state index >= 15 is 0 Å². The smallest absolute Gasteiger partial charge is 0.137 e. The molecule has 0 radical (unpaired) electrons. The molecule has 3 heteroatoms. The molecule has 0 saturated heterocycles. The number of aromatic nitrogens is 3. The maximum absolute atomic E-state index is 4.39. The molecule has 3 nitrogen and oxygen atoms in total. The summed E-state index contributed by atoms with van der Waals surface area (Å²) < 4.78 is 0. The topological polar surface area (TPSA) is 41.6 Å². The summed E-state index contributed by atoms with van der Waals surface area (Å²) in [6, 6.07) is 4.35. The first-order valence-corrected chi connectivity index (χ1v) is 6.05. The molecular formula is C15H15N3. The fourth-order valence-electron chi connectivity index (χ4n) is 2.24. The average Bonchev–Trinajstić information content (AvgIpc) is 2.72. The number of hydrogen-bond acceptors (Lipinski definition) is 2. The molecule has 0 fully saturated rings. The summed E-state index contributed by atoms with van der Waals surface area (Å²) in [5, 5.41) is 1.21. The number of hydrogen-bond donors (Lipinski definition) is 1. The zero-order valence-corrected chi connectivity index (χ0v) is 10.6. The third-order valence-corrected chi connectivity index (χ3v) is 3.08. The number of aromatic amines is 1. The Balaban J connectivity index is 2.02. The van der Waals surface area contributed by atoms with E-state index in [0.29, 0.717) is 0 Å². The molecule has 0 unspecified atom stereocenters. The van der Waals surface area contributed by atoms with Crippen molar-refractivity contribution in [3.05, 3.63) is 59.2 Å². The van der Waals surface area contributed by atoms with Crippen LogP contribution >= 0.6 is 0 Å². The number of pyridine rings is 2. The molecule has 0 aliphatic carbocycles. The van der Waals surface area contributed by atoms with Crippen LogP contribution in [0.5, 0.6) is 0 Å². The summed E-state index contributed by atoms with van der Waals surface area (Å²) in [7, 11) is 0. The number of fused-ring (bicyclic) bond motifs is 1. The summed E-state index contributed by atoms with van der Waals surface area (Å²) >= 11 is 0. The second-order valence-corrected chi connectivity index (χ2v) is 4.77. The van der Waals surface area contributed by atoms with Gasteiger partial charge in [0.15, 0.2) is 0 Å². The SMILES string of the molecule is Cc1cncc(Cc2c[nH]c3ncc(C)cc23)c1. The highest BCUT2D eigenvalue weighted by molar-refractivity contribution is 5.80. The largest absolute Gasteiger partial charge is 0.346 e. The van der Waals surface area contributed by atoms with Gasteiger partial charge in [0.2, 0.25) is 0 Å². The minimum atomic E-state index is 0.889. The molecule has 0 aliphatic heterocycles. The van der Waals surface area contributed by atoms with Gasteiger partial charge in [-0.1, -0.05) is 6.07 Å². The number of nitrogens with one attached hydrogen (secondary N) is 1. The van der Waals surface area contributed by atoms with Crippen molar-refractivity contribution in [2.24, 2.45) is 0 Å². The summed E-state index contributed by atoms with van der Waals surface area (Å²) in [5.74, 6) is 0. The van der Waals surface area contributed by atoms with Crippen molar-refractivity contribution in [2.75, 3.05) is 0 Å². The van der Waals surface area contributed by atoms with Gasteiger partial charge in [0, 0.05) is 36.6 Å². The Bertz CT molecular complexity index is 698. The first-order valence-electron chi connectivity index (χ1n) is 6.05. The minimum Gasteiger partial charge on any atom is -0.346 e. The molecule has 0 saturated carbocycles. The van der Waals surface area contributed by atoms with E-state index in [-0.39, 0.29) is 0 Å². The fourth-order valence-corrected chi connectivity index (χ4v) is 2.24. The van der Waals surface area contributed by atoms with E-state index in [0.717, 1.165) is 12.1 Å². The molecule has 0 spiro atoms. The number of nitrogens with zero attached hydrogens (tertiary/aromatic N) is 2. The zero-order valence-electron chi connectivity index (χ0n) is 10.6. The molecule has 18 heavy (non-hydrogen) atoms. The Morgan fingerprint density at radius 1 is 1.06 bits per heavy atom. The van der Waals surface area contributed by atoms with Gasteiger partial charge >= 0.3 is 0 Å².